The molecule has 3 aromatic rings. The number of rotatable bonds is 5. The van der Waals surface area contributed by atoms with E-state index in [2.05, 4.69) is 47.6 Å². The quantitative estimate of drug-likeness (QED) is 0.430. The number of nitrogens with zero attached hydrogens (tertiary/aromatic N) is 2. The second kappa shape index (κ2) is 8.28. The molecule has 6 heteroatoms. The number of aromatic nitrogens is 1. The second-order valence-corrected chi connectivity index (χ2v) is 9.67. The maximum Gasteiger partial charge on any atom is 0.264 e. The van der Waals surface area contributed by atoms with E-state index in [1.807, 2.05) is 36.5 Å². The van der Waals surface area contributed by atoms with Crippen molar-refractivity contribution in [1.82, 2.24) is 10.3 Å². The van der Waals surface area contributed by atoms with Crippen LogP contribution in [0.5, 0.6) is 0 Å². The van der Waals surface area contributed by atoms with Gasteiger partial charge in [0.15, 0.2) is 5.17 Å². The Morgan fingerprint density at radius 2 is 2.10 bits per heavy atom. The van der Waals surface area contributed by atoms with Gasteiger partial charge in [0.2, 0.25) is 0 Å². The molecule has 150 valence electrons. The van der Waals surface area contributed by atoms with E-state index < -0.39 is 0 Å². The zero-order valence-electron chi connectivity index (χ0n) is 16.5. The summed E-state index contributed by atoms with van der Waals surface area (Å²) in [5.41, 5.74) is 3.30. The van der Waals surface area contributed by atoms with Crippen molar-refractivity contribution in [2.75, 3.05) is 5.75 Å². The Morgan fingerprint density at radius 3 is 2.93 bits per heavy atom. The predicted molar refractivity (Wildman–Crippen MR) is 127 cm³/mol. The molecule has 2 atom stereocenters. The molecule has 5 rings (SSSR count). The van der Waals surface area contributed by atoms with Gasteiger partial charge in [0.25, 0.3) is 5.91 Å². The minimum Gasteiger partial charge on any atom is -0.301 e. The van der Waals surface area contributed by atoms with Crippen LogP contribution in [0.25, 0.3) is 17.0 Å². The average Bonchev–Trinajstić information content (AvgIpc) is 3.45. The van der Waals surface area contributed by atoms with E-state index >= 15 is 0 Å². The van der Waals surface area contributed by atoms with Crippen LogP contribution in [0.1, 0.15) is 30.4 Å². The van der Waals surface area contributed by atoms with Gasteiger partial charge in [-0.25, -0.2) is 0 Å². The number of benzene rings is 2. The lowest BCUT2D eigenvalue weighted by Crippen LogP contribution is -2.20. The summed E-state index contributed by atoms with van der Waals surface area (Å²) in [6.45, 7) is 2.14. The van der Waals surface area contributed by atoms with Crippen molar-refractivity contribution in [2.24, 2.45) is 4.99 Å². The van der Waals surface area contributed by atoms with Gasteiger partial charge in [-0.15, -0.1) is 11.8 Å². The van der Waals surface area contributed by atoms with Crippen molar-refractivity contribution in [1.29, 1.82) is 0 Å². The molecule has 1 N–H and O–H groups in total. The third-order valence-corrected chi connectivity index (χ3v) is 7.12. The lowest BCUT2D eigenvalue weighted by atomic mass is 10.1. The van der Waals surface area contributed by atoms with Crippen molar-refractivity contribution in [2.45, 2.75) is 30.2 Å². The van der Waals surface area contributed by atoms with Crippen molar-refractivity contribution in [3.05, 3.63) is 76.8 Å². The summed E-state index contributed by atoms with van der Waals surface area (Å²) in [6, 6.07) is 18.9. The topological polar surface area (TPSA) is 54.4 Å². The van der Waals surface area contributed by atoms with Crippen molar-refractivity contribution < 1.29 is 4.79 Å². The van der Waals surface area contributed by atoms with E-state index in [1.54, 1.807) is 11.8 Å². The summed E-state index contributed by atoms with van der Waals surface area (Å²) in [7, 11) is 0. The van der Waals surface area contributed by atoms with E-state index in [0.29, 0.717) is 16.0 Å². The molecule has 0 bridgehead atoms. The van der Waals surface area contributed by atoms with E-state index in [9.17, 15) is 4.79 Å². The molecule has 2 aliphatic rings. The van der Waals surface area contributed by atoms with Gasteiger partial charge in [-0.2, -0.15) is 0 Å². The number of pyridine rings is 1. The number of thioether (sulfide) groups is 2. The minimum absolute atomic E-state index is 0.0786. The SMILES string of the molecule is CCSc1ccnc2ccc(C=C3SC(=N[C@H]4C[C@@H]4c4ccccc4)NC3=O)cc12. The number of carbonyl (C=O) groups is 1. The first kappa shape index (κ1) is 19.4. The van der Waals surface area contributed by atoms with Crippen LogP contribution in [0.2, 0.25) is 0 Å². The summed E-state index contributed by atoms with van der Waals surface area (Å²) < 4.78 is 0. The van der Waals surface area contributed by atoms with Gasteiger partial charge in [-0.3, -0.25) is 14.8 Å². The van der Waals surface area contributed by atoms with Crippen molar-refractivity contribution >= 4 is 51.6 Å². The number of aliphatic imine (C=N–C) groups is 1. The van der Waals surface area contributed by atoms with Crippen LogP contribution < -0.4 is 5.32 Å². The molecule has 2 heterocycles. The van der Waals surface area contributed by atoms with E-state index in [-0.39, 0.29) is 11.9 Å². The molecule has 2 aromatic carbocycles. The van der Waals surface area contributed by atoms with Gasteiger partial charge in [-0.1, -0.05) is 43.3 Å². The molecular weight excluding hydrogens is 410 g/mol. The van der Waals surface area contributed by atoms with Crippen LogP contribution in [0.15, 0.2) is 75.6 Å². The van der Waals surface area contributed by atoms with Crippen LogP contribution in [0, 0.1) is 0 Å². The standard InChI is InChI=1S/C24H21N3OS2/c1-2-29-21-10-11-25-19-9-8-15(12-18(19)21)13-22-23(28)27-24(30-22)26-20-14-17(20)16-6-4-3-5-7-16/h3-13,17,20H,2,14H2,1H3,(H,26,27,28)/t17-,20+/m1/s1. The first-order chi connectivity index (χ1) is 14.7. The maximum absolute atomic E-state index is 12.5. The first-order valence-corrected chi connectivity index (χ1v) is 11.9. The molecule has 1 amide bonds. The Labute approximate surface area is 184 Å². The van der Waals surface area contributed by atoms with Gasteiger partial charge in [-0.05, 0) is 59.3 Å². The molecule has 0 spiro atoms. The van der Waals surface area contributed by atoms with Gasteiger partial charge >= 0.3 is 0 Å². The number of fused-ring (bicyclic) bond motifs is 1. The summed E-state index contributed by atoms with van der Waals surface area (Å²) in [6.07, 6.45) is 4.83. The zero-order valence-corrected chi connectivity index (χ0v) is 18.2. The molecule has 30 heavy (non-hydrogen) atoms. The highest BCUT2D eigenvalue weighted by Crippen LogP contribution is 2.44. The summed E-state index contributed by atoms with van der Waals surface area (Å²) in [5, 5.41) is 4.76. The lowest BCUT2D eigenvalue weighted by Gasteiger charge is -2.05. The number of amides is 1. The predicted octanol–water partition coefficient (Wildman–Crippen LogP) is 5.46. The monoisotopic (exact) mass is 431 g/mol. The maximum atomic E-state index is 12.5. The van der Waals surface area contributed by atoms with E-state index in [1.165, 1.54) is 22.2 Å². The molecule has 1 aliphatic heterocycles. The van der Waals surface area contributed by atoms with Gasteiger partial charge in [0.05, 0.1) is 16.5 Å². The van der Waals surface area contributed by atoms with Gasteiger partial charge < -0.3 is 5.32 Å². The minimum atomic E-state index is -0.0786. The number of carbonyl (C=O) groups excluding carboxylic acids is 1. The lowest BCUT2D eigenvalue weighted by molar-refractivity contribution is -0.115. The van der Waals surface area contributed by atoms with E-state index in [4.69, 9.17) is 4.99 Å². The molecule has 0 radical (unpaired) electrons. The molecular formula is C24H21N3OS2. The summed E-state index contributed by atoms with van der Waals surface area (Å²) in [4.78, 5) is 23.6. The smallest absolute Gasteiger partial charge is 0.264 e. The largest absolute Gasteiger partial charge is 0.301 e. The van der Waals surface area contributed by atoms with Crippen molar-refractivity contribution in [3.63, 3.8) is 0 Å². The molecule has 4 nitrogen and oxygen atoms in total. The van der Waals surface area contributed by atoms with Crippen molar-refractivity contribution in [3.8, 4) is 0 Å². The second-order valence-electron chi connectivity index (χ2n) is 7.34. The molecule has 2 fully saturated rings. The molecule has 1 saturated heterocycles. The van der Waals surface area contributed by atoms with Crippen LogP contribution in [0.4, 0.5) is 0 Å². The average molecular weight is 432 g/mol. The third kappa shape index (κ3) is 4.02. The number of amidine groups is 1. The molecule has 1 aromatic heterocycles. The van der Waals surface area contributed by atoms with Gasteiger partial charge in [0, 0.05) is 22.4 Å². The normalized spacial score (nSPS) is 23.3. The first-order valence-electron chi connectivity index (χ1n) is 10.1. The Morgan fingerprint density at radius 1 is 1.23 bits per heavy atom. The Bertz CT molecular complexity index is 1170. The number of nitrogens with one attached hydrogen (secondary N) is 1. The van der Waals surface area contributed by atoms with Gasteiger partial charge in [0.1, 0.15) is 0 Å². The fraction of sp³-hybridized carbons (Fsp3) is 0.208. The van der Waals surface area contributed by atoms with Crippen LogP contribution in [-0.4, -0.2) is 27.9 Å². The molecule has 0 unspecified atom stereocenters. The fourth-order valence-electron chi connectivity index (χ4n) is 3.68. The highest BCUT2D eigenvalue weighted by molar-refractivity contribution is 8.18. The number of hydrogen-bond donors (Lipinski definition) is 1. The summed E-state index contributed by atoms with van der Waals surface area (Å²) >= 11 is 3.23. The van der Waals surface area contributed by atoms with E-state index in [0.717, 1.165) is 28.6 Å². The van der Waals surface area contributed by atoms with Crippen LogP contribution in [-0.2, 0) is 4.79 Å². The Balaban J connectivity index is 1.35. The highest BCUT2D eigenvalue weighted by Gasteiger charge is 2.39. The highest BCUT2D eigenvalue weighted by atomic mass is 32.2. The third-order valence-electron chi connectivity index (χ3n) is 5.24. The Kier molecular flexibility index (Phi) is 5.35. The zero-order chi connectivity index (χ0) is 20.5. The fourth-order valence-corrected chi connectivity index (χ4v) is 5.35. The van der Waals surface area contributed by atoms with Crippen LogP contribution in [0.3, 0.4) is 0 Å². The molecule has 1 saturated carbocycles. The van der Waals surface area contributed by atoms with Crippen LogP contribution >= 0.6 is 23.5 Å². The number of hydrogen-bond acceptors (Lipinski definition) is 5. The molecule has 1 aliphatic carbocycles. The summed E-state index contributed by atoms with van der Waals surface area (Å²) in [5.74, 6) is 1.39. The Hall–Kier alpha value is -2.57.